The van der Waals surface area contributed by atoms with E-state index in [1.165, 1.54) is 0 Å². The molecule has 4 rings (SSSR count). The largest absolute Gasteiger partial charge is 0.480 e. The van der Waals surface area contributed by atoms with E-state index in [4.69, 9.17) is 4.74 Å². The van der Waals surface area contributed by atoms with Crippen LogP contribution in [0.25, 0.3) is 0 Å². The molecule has 2 aromatic rings. The zero-order chi connectivity index (χ0) is 17.9. The third-order valence-electron chi connectivity index (χ3n) is 4.70. The molecular weight excluding hydrogens is 348 g/mol. The van der Waals surface area contributed by atoms with Crippen molar-refractivity contribution in [2.75, 3.05) is 11.6 Å². The first-order chi connectivity index (χ1) is 12.7. The van der Waals surface area contributed by atoms with Gasteiger partial charge in [0.25, 0.3) is 5.91 Å². The number of carbonyl (C=O) groups excluding carboxylic acids is 2. The van der Waals surface area contributed by atoms with E-state index >= 15 is 0 Å². The maximum atomic E-state index is 12.9. The summed E-state index contributed by atoms with van der Waals surface area (Å²) in [5, 5.41) is 2.95. The van der Waals surface area contributed by atoms with Gasteiger partial charge in [-0.15, -0.1) is 11.8 Å². The number of ether oxygens (including phenoxy) is 1. The number of hydrogen-bond donors (Lipinski definition) is 1. The van der Waals surface area contributed by atoms with Gasteiger partial charge in [0.05, 0.1) is 5.88 Å². The van der Waals surface area contributed by atoms with Crippen molar-refractivity contribution in [1.29, 1.82) is 0 Å². The van der Waals surface area contributed by atoms with Crippen molar-refractivity contribution in [3.63, 3.8) is 0 Å². The second kappa shape index (κ2) is 7.41. The van der Waals surface area contributed by atoms with Crippen LogP contribution in [0.2, 0.25) is 0 Å². The second-order valence-corrected chi connectivity index (χ2v) is 7.45. The normalized spacial score (nSPS) is 21.2. The first-order valence-electron chi connectivity index (χ1n) is 8.67. The quantitative estimate of drug-likeness (QED) is 0.899. The molecule has 2 atom stereocenters. The number of amides is 2. The predicted octanol–water partition coefficient (Wildman–Crippen LogP) is 2.21. The van der Waals surface area contributed by atoms with Crippen LogP contribution in [-0.2, 0) is 22.6 Å². The van der Waals surface area contributed by atoms with Gasteiger partial charge in [-0.3, -0.25) is 9.59 Å². The van der Waals surface area contributed by atoms with E-state index < -0.39 is 12.1 Å². The van der Waals surface area contributed by atoms with Crippen LogP contribution < -0.4 is 10.1 Å². The molecule has 2 aliphatic rings. The maximum Gasteiger partial charge on any atom is 0.265 e. The van der Waals surface area contributed by atoms with E-state index in [-0.39, 0.29) is 11.8 Å². The number of thioether (sulfide) groups is 1. The fourth-order valence-electron chi connectivity index (χ4n) is 3.28. The summed E-state index contributed by atoms with van der Waals surface area (Å²) < 4.78 is 5.81. The molecule has 5 nitrogen and oxygen atoms in total. The fraction of sp³-hybridized carbons (Fsp3) is 0.300. The highest BCUT2D eigenvalue weighted by molar-refractivity contribution is 7.99. The average Bonchev–Trinajstić information content (AvgIpc) is 3.33. The summed E-state index contributed by atoms with van der Waals surface area (Å²) in [6, 6.07) is 17.0. The Morgan fingerprint density at radius 2 is 1.88 bits per heavy atom. The molecule has 2 aliphatic heterocycles. The van der Waals surface area contributed by atoms with Crippen molar-refractivity contribution in [2.24, 2.45) is 0 Å². The smallest absolute Gasteiger partial charge is 0.265 e. The molecule has 6 heteroatoms. The Morgan fingerprint density at radius 1 is 1.12 bits per heavy atom. The second-order valence-electron chi connectivity index (χ2n) is 6.45. The molecule has 0 aliphatic carbocycles. The number of nitrogens with zero attached hydrogens (tertiary/aromatic N) is 1. The average molecular weight is 368 g/mol. The van der Waals surface area contributed by atoms with Crippen molar-refractivity contribution in [3.05, 3.63) is 65.7 Å². The zero-order valence-corrected chi connectivity index (χ0v) is 15.1. The van der Waals surface area contributed by atoms with E-state index in [1.54, 1.807) is 16.7 Å². The first-order valence-corrected chi connectivity index (χ1v) is 9.82. The first kappa shape index (κ1) is 17.0. The lowest BCUT2D eigenvalue weighted by Gasteiger charge is -2.25. The monoisotopic (exact) mass is 368 g/mol. The predicted molar refractivity (Wildman–Crippen MR) is 101 cm³/mol. The molecular formula is C20H20N2O3S. The molecule has 0 saturated carbocycles. The third kappa shape index (κ3) is 3.42. The number of hydrogen-bond acceptors (Lipinski definition) is 4. The number of para-hydroxylation sites is 1. The van der Waals surface area contributed by atoms with Crippen LogP contribution in [0.4, 0.5) is 0 Å². The Kier molecular flexibility index (Phi) is 4.84. The Bertz CT molecular complexity index is 787. The highest BCUT2D eigenvalue weighted by atomic mass is 32.2. The Labute approximate surface area is 156 Å². The molecule has 26 heavy (non-hydrogen) atoms. The number of carbonyl (C=O) groups is 2. The minimum Gasteiger partial charge on any atom is -0.480 e. The topological polar surface area (TPSA) is 58.6 Å². The SMILES string of the molecule is O=C(NCc1ccccc1)[C@H]1CSCN1C(=O)[C@@H]1Cc2ccccc2O1. The van der Waals surface area contributed by atoms with E-state index in [9.17, 15) is 9.59 Å². The number of nitrogens with one attached hydrogen (secondary N) is 1. The molecule has 0 bridgehead atoms. The van der Waals surface area contributed by atoms with Gasteiger partial charge in [0.1, 0.15) is 11.8 Å². The minimum absolute atomic E-state index is 0.105. The molecule has 0 spiro atoms. The fourth-order valence-corrected chi connectivity index (χ4v) is 4.45. The standard InChI is InChI=1S/C20H20N2O3S/c23-19(21-11-14-6-2-1-3-7-14)16-12-26-13-22(16)20(24)18-10-15-8-4-5-9-17(15)25-18/h1-9,16,18H,10-13H2,(H,21,23)/t16-,18+/m1/s1. The lowest BCUT2D eigenvalue weighted by atomic mass is 10.1. The van der Waals surface area contributed by atoms with Crippen molar-refractivity contribution >= 4 is 23.6 Å². The van der Waals surface area contributed by atoms with Crippen molar-refractivity contribution < 1.29 is 14.3 Å². The molecule has 0 aromatic heterocycles. The van der Waals surface area contributed by atoms with E-state index in [1.807, 2.05) is 54.6 Å². The van der Waals surface area contributed by atoms with Crippen molar-refractivity contribution in [3.8, 4) is 5.75 Å². The number of fused-ring (bicyclic) bond motifs is 1. The van der Waals surface area contributed by atoms with E-state index in [0.29, 0.717) is 24.6 Å². The summed E-state index contributed by atoms with van der Waals surface area (Å²) in [5.74, 6) is 1.70. The Morgan fingerprint density at radius 3 is 2.69 bits per heavy atom. The van der Waals surface area contributed by atoms with Gasteiger partial charge in [-0.2, -0.15) is 0 Å². The van der Waals surface area contributed by atoms with Crippen LogP contribution in [-0.4, -0.2) is 40.5 Å². The molecule has 1 fully saturated rings. The van der Waals surface area contributed by atoms with E-state index in [0.717, 1.165) is 16.9 Å². The molecule has 0 radical (unpaired) electrons. The molecule has 2 heterocycles. The molecule has 2 aromatic carbocycles. The van der Waals surface area contributed by atoms with Gasteiger partial charge in [0.2, 0.25) is 5.91 Å². The Hall–Kier alpha value is -2.47. The van der Waals surface area contributed by atoms with Crippen LogP contribution >= 0.6 is 11.8 Å². The number of benzene rings is 2. The van der Waals surface area contributed by atoms with Crippen LogP contribution in [0, 0.1) is 0 Å². The summed E-state index contributed by atoms with van der Waals surface area (Å²) in [4.78, 5) is 27.2. The van der Waals surface area contributed by atoms with Gasteiger partial charge >= 0.3 is 0 Å². The van der Waals surface area contributed by atoms with Gasteiger partial charge in [-0.05, 0) is 17.2 Å². The zero-order valence-electron chi connectivity index (χ0n) is 14.3. The van der Waals surface area contributed by atoms with Gasteiger partial charge in [-0.1, -0.05) is 48.5 Å². The summed E-state index contributed by atoms with van der Waals surface area (Å²) in [6.45, 7) is 0.467. The lowest BCUT2D eigenvalue weighted by molar-refractivity contribution is -0.143. The molecule has 1 N–H and O–H groups in total. The maximum absolute atomic E-state index is 12.9. The minimum atomic E-state index is -0.532. The molecule has 134 valence electrons. The van der Waals surface area contributed by atoms with Gasteiger partial charge in [0, 0.05) is 18.7 Å². The molecule has 1 saturated heterocycles. The third-order valence-corrected chi connectivity index (χ3v) is 5.71. The van der Waals surface area contributed by atoms with E-state index in [2.05, 4.69) is 5.32 Å². The summed E-state index contributed by atoms with van der Waals surface area (Å²) in [6.07, 6.45) is 0.0321. The molecule has 2 amide bonds. The highest BCUT2D eigenvalue weighted by Crippen LogP contribution is 2.31. The Balaban J connectivity index is 1.38. The van der Waals surface area contributed by atoms with Crippen molar-refractivity contribution in [1.82, 2.24) is 10.2 Å². The van der Waals surface area contributed by atoms with Crippen LogP contribution in [0.5, 0.6) is 5.75 Å². The van der Waals surface area contributed by atoms with Gasteiger partial charge in [0.15, 0.2) is 6.10 Å². The van der Waals surface area contributed by atoms with Crippen LogP contribution in [0.1, 0.15) is 11.1 Å². The summed E-state index contributed by atoms with van der Waals surface area (Å²) in [7, 11) is 0. The summed E-state index contributed by atoms with van der Waals surface area (Å²) >= 11 is 1.60. The highest BCUT2D eigenvalue weighted by Gasteiger charge is 2.40. The van der Waals surface area contributed by atoms with Crippen LogP contribution in [0.15, 0.2) is 54.6 Å². The summed E-state index contributed by atoms with van der Waals surface area (Å²) in [5.41, 5.74) is 2.08. The van der Waals surface area contributed by atoms with Gasteiger partial charge < -0.3 is 15.0 Å². The van der Waals surface area contributed by atoms with Gasteiger partial charge in [-0.25, -0.2) is 0 Å². The number of rotatable bonds is 4. The van der Waals surface area contributed by atoms with Crippen molar-refractivity contribution in [2.45, 2.75) is 25.1 Å². The van der Waals surface area contributed by atoms with Crippen LogP contribution in [0.3, 0.4) is 0 Å². The molecule has 0 unspecified atom stereocenters. The lowest BCUT2D eigenvalue weighted by Crippen LogP contribution is -2.50.